The second kappa shape index (κ2) is 12.6. The van der Waals surface area contributed by atoms with Crippen LogP contribution in [0.25, 0.3) is 76.9 Å². The van der Waals surface area contributed by atoms with Gasteiger partial charge >= 0.3 is 0 Å². The van der Waals surface area contributed by atoms with E-state index in [0.717, 1.165) is 33.1 Å². The van der Waals surface area contributed by atoms with Crippen molar-refractivity contribution in [1.82, 2.24) is 0 Å². The number of para-hydroxylation sites is 2. The van der Waals surface area contributed by atoms with E-state index in [0.29, 0.717) is 0 Å². The van der Waals surface area contributed by atoms with Crippen LogP contribution in [0.15, 0.2) is 205 Å². The Morgan fingerprint density at radius 1 is 0.327 bits per heavy atom. The van der Waals surface area contributed by atoms with Gasteiger partial charge in [0.15, 0.2) is 0 Å². The second-order valence-corrected chi connectivity index (χ2v) is 13.6. The van der Waals surface area contributed by atoms with Gasteiger partial charge in [-0.3, -0.25) is 0 Å². The quantitative estimate of drug-likeness (QED) is 0.128. The highest BCUT2D eigenvalue weighted by Crippen LogP contribution is 2.42. The molecule has 0 spiro atoms. The maximum absolute atomic E-state index is 6.42. The first-order valence-corrected chi connectivity index (χ1v) is 18.0. The Hall–Kier alpha value is -6.70. The van der Waals surface area contributed by atoms with Crippen molar-refractivity contribution in [3.05, 3.63) is 217 Å². The summed E-state index contributed by atoms with van der Waals surface area (Å²) in [6, 6.07) is 72.5. The highest BCUT2D eigenvalue weighted by Gasteiger charge is 2.21. The molecule has 52 heavy (non-hydrogen) atoms. The van der Waals surface area contributed by atoms with Crippen LogP contribution >= 0.6 is 0 Å². The van der Waals surface area contributed by atoms with Gasteiger partial charge in [-0.05, 0) is 78.2 Å². The molecule has 0 radical (unpaired) electrons. The Balaban J connectivity index is 1.09. The minimum Gasteiger partial charge on any atom is -0.455 e. The summed E-state index contributed by atoms with van der Waals surface area (Å²) in [4.78, 5) is 0. The van der Waals surface area contributed by atoms with Crippen LogP contribution in [0.4, 0.5) is 0 Å². The van der Waals surface area contributed by atoms with Gasteiger partial charge in [-0.1, -0.05) is 188 Å². The van der Waals surface area contributed by atoms with Gasteiger partial charge in [0.1, 0.15) is 11.2 Å². The Morgan fingerprint density at radius 2 is 0.827 bits per heavy atom. The van der Waals surface area contributed by atoms with Gasteiger partial charge in [0, 0.05) is 22.3 Å². The minimum atomic E-state index is 0.0278. The van der Waals surface area contributed by atoms with Crippen LogP contribution in [0.5, 0.6) is 0 Å². The van der Waals surface area contributed by atoms with Crippen molar-refractivity contribution in [2.24, 2.45) is 0 Å². The summed E-state index contributed by atoms with van der Waals surface area (Å²) < 4.78 is 6.42. The number of hydrogen-bond donors (Lipinski definition) is 0. The van der Waals surface area contributed by atoms with E-state index in [9.17, 15) is 0 Å². The van der Waals surface area contributed by atoms with E-state index in [1.165, 1.54) is 60.5 Å². The topological polar surface area (TPSA) is 13.1 Å². The van der Waals surface area contributed by atoms with Gasteiger partial charge in [-0.25, -0.2) is 0 Å². The van der Waals surface area contributed by atoms with Crippen LogP contribution in [0, 0.1) is 0 Å². The average Bonchev–Trinajstić information content (AvgIpc) is 3.61. The lowest BCUT2D eigenvalue weighted by Gasteiger charge is -2.23. The van der Waals surface area contributed by atoms with Gasteiger partial charge < -0.3 is 4.42 Å². The van der Waals surface area contributed by atoms with E-state index in [4.69, 9.17) is 4.42 Å². The molecule has 1 unspecified atom stereocenters. The zero-order valence-corrected chi connectivity index (χ0v) is 28.5. The van der Waals surface area contributed by atoms with Crippen LogP contribution in [-0.2, 0) is 0 Å². The first-order chi connectivity index (χ1) is 25.8. The minimum absolute atomic E-state index is 0.0278. The van der Waals surface area contributed by atoms with Crippen molar-refractivity contribution in [3.63, 3.8) is 0 Å². The summed E-state index contributed by atoms with van der Waals surface area (Å²) in [5.41, 5.74) is 12.8. The number of furan rings is 1. The standard InChI is InChI=1S/C51H34O/c1-2-11-34(12-3-1)35-21-23-36(24-22-35)37-25-29-39(30-26-37)50(48-33-41-13-4-5-14-42(41)44-15-6-7-16-45(44)48)40-31-27-38(28-32-40)43-18-10-19-47-46-17-8-9-20-49(46)52-51(43)47/h1-33,50H. The largest absolute Gasteiger partial charge is 0.455 e. The third kappa shape index (κ3) is 5.18. The van der Waals surface area contributed by atoms with Crippen molar-refractivity contribution in [1.29, 1.82) is 0 Å². The lowest BCUT2D eigenvalue weighted by molar-refractivity contribution is 0.670. The summed E-state index contributed by atoms with van der Waals surface area (Å²) in [5.74, 6) is 0.0278. The molecule has 0 bridgehead atoms. The molecular weight excluding hydrogens is 629 g/mol. The fourth-order valence-electron chi connectivity index (χ4n) is 8.06. The number of hydrogen-bond acceptors (Lipinski definition) is 1. The maximum atomic E-state index is 6.42. The average molecular weight is 663 g/mol. The van der Waals surface area contributed by atoms with E-state index < -0.39 is 0 Å². The molecule has 9 aromatic carbocycles. The van der Waals surface area contributed by atoms with Crippen LogP contribution in [0.2, 0.25) is 0 Å². The molecule has 0 aliphatic heterocycles. The zero-order chi connectivity index (χ0) is 34.4. The summed E-state index contributed by atoms with van der Waals surface area (Å²) >= 11 is 0. The Bertz CT molecular complexity index is 2860. The summed E-state index contributed by atoms with van der Waals surface area (Å²) in [5, 5.41) is 7.39. The molecule has 1 heteroatoms. The fraction of sp³-hybridized carbons (Fsp3) is 0.0196. The highest BCUT2D eigenvalue weighted by atomic mass is 16.3. The lowest BCUT2D eigenvalue weighted by Crippen LogP contribution is -2.05. The molecule has 0 saturated heterocycles. The first kappa shape index (κ1) is 30.2. The van der Waals surface area contributed by atoms with Crippen molar-refractivity contribution in [2.75, 3.05) is 0 Å². The van der Waals surface area contributed by atoms with E-state index in [1.807, 2.05) is 12.1 Å². The van der Waals surface area contributed by atoms with E-state index in [1.54, 1.807) is 0 Å². The monoisotopic (exact) mass is 662 g/mol. The molecular formula is C51H34O. The van der Waals surface area contributed by atoms with Gasteiger partial charge in [0.2, 0.25) is 0 Å². The van der Waals surface area contributed by atoms with Crippen LogP contribution in [0.1, 0.15) is 22.6 Å². The van der Waals surface area contributed by atoms with Crippen molar-refractivity contribution >= 4 is 43.5 Å². The Labute approximate surface area is 303 Å². The molecule has 1 aromatic heterocycles. The van der Waals surface area contributed by atoms with E-state index >= 15 is 0 Å². The number of rotatable bonds is 6. The molecule has 0 aliphatic carbocycles. The highest BCUT2D eigenvalue weighted by molar-refractivity contribution is 6.10. The first-order valence-electron chi connectivity index (χ1n) is 18.0. The summed E-state index contributed by atoms with van der Waals surface area (Å²) in [6.07, 6.45) is 0. The normalized spacial score (nSPS) is 12.2. The predicted octanol–water partition coefficient (Wildman–Crippen LogP) is 14.1. The molecule has 1 heterocycles. The van der Waals surface area contributed by atoms with Crippen LogP contribution in [0.3, 0.4) is 0 Å². The number of fused-ring (bicyclic) bond motifs is 6. The van der Waals surface area contributed by atoms with Gasteiger partial charge in [-0.2, -0.15) is 0 Å². The molecule has 0 N–H and O–H groups in total. The molecule has 10 rings (SSSR count). The van der Waals surface area contributed by atoms with Crippen molar-refractivity contribution in [3.8, 4) is 33.4 Å². The fourth-order valence-corrected chi connectivity index (χ4v) is 8.06. The SMILES string of the molecule is c1ccc(-c2ccc(-c3ccc(C(c4ccc(-c5cccc6c5oc5ccccc56)cc4)c4cc5ccccc5c5ccccc45)cc3)cc2)cc1. The molecule has 0 aliphatic rings. The Morgan fingerprint density at radius 3 is 1.52 bits per heavy atom. The molecule has 244 valence electrons. The van der Waals surface area contributed by atoms with Crippen molar-refractivity contribution in [2.45, 2.75) is 5.92 Å². The molecule has 0 amide bonds. The summed E-state index contributed by atoms with van der Waals surface area (Å²) in [6.45, 7) is 0. The van der Waals surface area contributed by atoms with Gasteiger partial charge in [-0.15, -0.1) is 0 Å². The molecule has 0 fully saturated rings. The maximum Gasteiger partial charge on any atom is 0.143 e. The summed E-state index contributed by atoms with van der Waals surface area (Å²) in [7, 11) is 0. The smallest absolute Gasteiger partial charge is 0.143 e. The lowest BCUT2D eigenvalue weighted by atomic mass is 9.80. The molecule has 1 atom stereocenters. The van der Waals surface area contributed by atoms with E-state index in [-0.39, 0.29) is 5.92 Å². The van der Waals surface area contributed by atoms with Crippen LogP contribution in [-0.4, -0.2) is 0 Å². The third-order valence-corrected chi connectivity index (χ3v) is 10.6. The Kier molecular flexibility index (Phi) is 7.29. The van der Waals surface area contributed by atoms with Gasteiger partial charge in [0.25, 0.3) is 0 Å². The molecule has 0 saturated carbocycles. The zero-order valence-electron chi connectivity index (χ0n) is 28.5. The van der Waals surface area contributed by atoms with Gasteiger partial charge in [0.05, 0.1) is 0 Å². The van der Waals surface area contributed by atoms with Crippen molar-refractivity contribution < 1.29 is 4.42 Å². The molecule has 1 nitrogen and oxygen atoms in total. The predicted molar refractivity (Wildman–Crippen MR) is 219 cm³/mol. The van der Waals surface area contributed by atoms with Crippen LogP contribution < -0.4 is 0 Å². The molecule has 10 aromatic rings. The second-order valence-electron chi connectivity index (χ2n) is 13.6. The number of benzene rings is 9. The third-order valence-electron chi connectivity index (χ3n) is 10.6. The van der Waals surface area contributed by atoms with E-state index in [2.05, 4.69) is 188 Å².